The summed E-state index contributed by atoms with van der Waals surface area (Å²) in [7, 11) is 0.807. The monoisotopic (exact) mass is 431 g/mol. The number of methoxy groups -OCH3 is 1. The van der Waals surface area contributed by atoms with Gasteiger partial charge in [-0.3, -0.25) is 9.36 Å². The molecule has 0 amide bonds. The average molecular weight is 431 g/mol. The quantitative estimate of drug-likeness (QED) is 0.450. The number of hydrogen-bond acceptors (Lipinski definition) is 6. The smallest absolute Gasteiger partial charge is 0.341 e. The van der Waals surface area contributed by atoms with E-state index in [0.717, 1.165) is 11.1 Å². The summed E-state index contributed by atoms with van der Waals surface area (Å²) >= 11 is 0. The van der Waals surface area contributed by atoms with Crippen molar-refractivity contribution in [3.05, 3.63) is 71.8 Å². The summed E-state index contributed by atoms with van der Waals surface area (Å²) in [6.07, 6.45) is 1.13. The van der Waals surface area contributed by atoms with E-state index in [1.54, 1.807) is 0 Å². The highest BCUT2D eigenvalue weighted by atomic mass is 31.2. The molecule has 0 bridgehead atoms. The van der Waals surface area contributed by atoms with Crippen molar-refractivity contribution < 1.29 is 23.1 Å². The molecule has 1 aliphatic rings. The molecule has 1 aliphatic carbocycles. The number of carbonyl (C=O) groups is 1. The Balaban J connectivity index is 1.85. The number of ether oxygens (including phenoxy) is 1. The van der Waals surface area contributed by atoms with E-state index in [0.29, 0.717) is 19.4 Å². The van der Waals surface area contributed by atoms with Crippen molar-refractivity contribution in [2.24, 2.45) is 5.41 Å². The summed E-state index contributed by atoms with van der Waals surface area (Å²) in [5.41, 5.74) is 1.54. The number of carbonyl (C=O) groups excluding carboxylic acids is 1. The molecule has 6 nitrogen and oxygen atoms in total. The van der Waals surface area contributed by atoms with E-state index in [2.05, 4.69) is 12.2 Å². The van der Waals surface area contributed by atoms with Crippen LogP contribution in [0.1, 0.15) is 24.5 Å². The van der Waals surface area contributed by atoms with Gasteiger partial charge in [-0.25, -0.2) is 0 Å². The first-order valence-electron chi connectivity index (χ1n) is 9.98. The molecule has 0 spiro atoms. The van der Waals surface area contributed by atoms with Gasteiger partial charge in [-0.2, -0.15) is 0 Å². The zero-order valence-corrected chi connectivity index (χ0v) is 18.9. The van der Waals surface area contributed by atoms with Gasteiger partial charge in [0.05, 0.1) is 7.11 Å². The largest absolute Gasteiger partial charge is 0.468 e. The molecule has 30 heavy (non-hydrogen) atoms. The number of hydrogen-bond donors (Lipinski definition) is 1. The van der Waals surface area contributed by atoms with Gasteiger partial charge < -0.3 is 19.1 Å². The fraction of sp³-hybridized carbons (Fsp3) is 0.435. The highest BCUT2D eigenvalue weighted by Crippen LogP contribution is 2.84. The molecule has 0 heterocycles. The number of benzene rings is 2. The Kier molecular flexibility index (Phi) is 6.83. The summed E-state index contributed by atoms with van der Waals surface area (Å²) in [5.74, 6) is -0.324. The molecule has 2 aromatic rings. The lowest BCUT2D eigenvalue weighted by atomic mass is 9.99. The van der Waals surface area contributed by atoms with E-state index in [9.17, 15) is 9.36 Å². The SMILES string of the molecule is COC(=O)[C@H](Cc1ccccc1)NC[C@]1(C)C[C@@]1(c1ccccc1)P(=O)(OC)OC. The van der Waals surface area contributed by atoms with Gasteiger partial charge in [0.1, 0.15) is 11.2 Å². The van der Waals surface area contributed by atoms with Gasteiger partial charge in [0.25, 0.3) is 0 Å². The van der Waals surface area contributed by atoms with Crippen LogP contribution in [0.2, 0.25) is 0 Å². The molecule has 0 radical (unpaired) electrons. The normalized spacial score (nSPS) is 24.3. The summed E-state index contributed by atoms with van der Waals surface area (Å²) < 4.78 is 29.5. The van der Waals surface area contributed by atoms with Crippen molar-refractivity contribution in [3.63, 3.8) is 0 Å². The van der Waals surface area contributed by atoms with Gasteiger partial charge in [0.2, 0.25) is 0 Å². The van der Waals surface area contributed by atoms with Gasteiger partial charge >= 0.3 is 13.6 Å². The van der Waals surface area contributed by atoms with E-state index < -0.39 is 24.2 Å². The molecular weight excluding hydrogens is 401 g/mol. The lowest BCUT2D eigenvalue weighted by Crippen LogP contribution is -2.43. The van der Waals surface area contributed by atoms with Crippen LogP contribution in [0, 0.1) is 5.41 Å². The van der Waals surface area contributed by atoms with Gasteiger partial charge in [0.15, 0.2) is 0 Å². The molecule has 1 saturated carbocycles. The van der Waals surface area contributed by atoms with Crippen molar-refractivity contribution in [1.29, 1.82) is 0 Å². The molecule has 1 fully saturated rings. The van der Waals surface area contributed by atoms with Crippen LogP contribution in [0.25, 0.3) is 0 Å². The zero-order chi connectivity index (χ0) is 21.8. The van der Waals surface area contributed by atoms with E-state index in [1.165, 1.54) is 21.3 Å². The summed E-state index contributed by atoms with van der Waals surface area (Å²) in [6, 6.07) is 19.0. The second kappa shape index (κ2) is 9.03. The number of nitrogens with one attached hydrogen (secondary N) is 1. The van der Waals surface area contributed by atoms with Crippen LogP contribution in [0.5, 0.6) is 0 Å². The third-order valence-corrected chi connectivity index (χ3v) is 9.08. The van der Waals surface area contributed by atoms with Crippen LogP contribution in [-0.2, 0) is 34.7 Å². The molecule has 3 atom stereocenters. The third-order valence-electron chi connectivity index (χ3n) is 6.23. The van der Waals surface area contributed by atoms with Gasteiger partial charge in [-0.1, -0.05) is 67.6 Å². The van der Waals surface area contributed by atoms with Crippen molar-refractivity contribution in [1.82, 2.24) is 5.32 Å². The van der Waals surface area contributed by atoms with Gasteiger partial charge in [-0.15, -0.1) is 0 Å². The Labute approximate surface area is 178 Å². The fourth-order valence-electron chi connectivity index (χ4n) is 4.44. The summed E-state index contributed by atoms with van der Waals surface area (Å²) in [5, 5.41) is 2.59. The van der Waals surface area contributed by atoms with Crippen LogP contribution in [0.4, 0.5) is 0 Å². The van der Waals surface area contributed by atoms with E-state index in [-0.39, 0.29) is 5.97 Å². The van der Waals surface area contributed by atoms with Crippen molar-refractivity contribution in [2.75, 3.05) is 27.9 Å². The van der Waals surface area contributed by atoms with Crippen LogP contribution in [0.3, 0.4) is 0 Å². The molecule has 1 N–H and O–H groups in total. The first kappa shape index (κ1) is 22.7. The molecular formula is C23H30NO5P. The minimum Gasteiger partial charge on any atom is -0.468 e. The van der Waals surface area contributed by atoms with Gasteiger partial charge in [0, 0.05) is 26.2 Å². The first-order valence-corrected chi connectivity index (χ1v) is 11.5. The average Bonchev–Trinajstić information content (AvgIpc) is 3.44. The lowest BCUT2D eigenvalue weighted by molar-refractivity contribution is -0.143. The molecule has 162 valence electrons. The van der Waals surface area contributed by atoms with Crippen LogP contribution >= 0.6 is 7.60 Å². The predicted molar refractivity (Wildman–Crippen MR) is 116 cm³/mol. The Morgan fingerprint density at radius 3 is 2.13 bits per heavy atom. The summed E-state index contributed by atoms with van der Waals surface area (Å²) in [6.45, 7) is 2.51. The van der Waals surface area contributed by atoms with Crippen molar-refractivity contribution in [2.45, 2.75) is 31.0 Å². The Morgan fingerprint density at radius 2 is 1.60 bits per heavy atom. The second-order valence-corrected chi connectivity index (χ2v) is 10.5. The fourth-order valence-corrected chi connectivity index (χ4v) is 6.97. The Hall–Kier alpha value is -1.98. The molecule has 7 heteroatoms. The van der Waals surface area contributed by atoms with Crippen LogP contribution in [0.15, 0.2) is 60.7 Å². The standard InChI is InChI=1S/C23H30NO5P/c1-22(17-24-20(21(25)27-2)15-18-11-7-5-8-12-18)16-23(22,30(26,28-3)29-4)19-13-9-6-10-14-19/h5-14,20,24H,15-17H2,1-4H3/t20-,22-,23-/m0/s1. The van der Waals surface area contributed by atoms with E-state index in [1.807, 2.05) is 60.7 Å². The lowest BCUT2D eigenvalue weighted by Gasteiger charge is -2.30. The van der Waals surface area contributed by atoms with Crippen LogP contribution < -0.4 is 5.32 Å². The van der Waals surface area contributed by atoms with E-state index >= 15 is 0 Å². The molecule has 0 unspecified atom stereocenters. The maximum absolute atomic E-state index is 13.6. The molecule has 0 saturated heterocycles. The van der Waals surface area contributed by atoms with E-state index in [4.69, 9.17) is 13.8 Å². The Morgan fingerprint density at radius 1 is 1.03 bits per heavy atom. The molecule has 2 aromatic carbocycles. The van der Waals surface area contributed by atoms with Gasteiger partial charge in [-0.05, 0) is 24.0 Å². The number of esters is 1. The zero-order valence-electron chi connectivity index (χ0n) is 18.0. The molecule has 3 rings (SSSR count). The third kappa shape index (κ3) is 3.97. The highest BCUT2D eigenvalue weighted by molar-refractivity contribution is 7.55. The summed E-state index contributed by atoms with van der Waals surface area (Å²) in [4.78, 5) is 12.4. The maximum atomic E-state index is 13.6. The highest BCUT2D eigenvalue weighted by Gasteiger charge is 2.75. The molecule has 0 aliphatic heterocycles. The maximum Gasteiger partial charge on any atom is 0.341 e. The topological polar surface area (TPSA) is 73.9 Å². The van der Waals surface area contributed by atoms with Crippen molar-refractivity contribution >= 4 is 13.6 Å². The first-order chi connectivity index (χ1) is 14.4. The minimum absolute atomic E-state index is 0.324. The second-order valence-electron chi connectivity index (χ2n) is 7.97. The number of rotatable bonds is 10. The Bertz CT molecular complexity index is 898. The minimum atomic E-state index is -3.43. The molecule has 0 aromatic heterocycles. The van der Waals surface area contributed by atoms with Crippen LogP contribution in [-0.4, -0.2) is 39.9 Å². The van der Waals surface area contributed by atoms with Crippen molar-refractivity contribution in [3.8, 4) is 0 Å². The predicted octanol–water partition coefficient (Wildman–Crippen LogP) is 4.15.